The van der Waals surface area contributed by atoms with Crippen LogP contribution in [0.15, 0.2) is 76.9 Å². The number of imidazole rings is 1. The van der Waals surface area contributed by atoms with Crippen molar-refractivity contribution in [2.45, 2.75) is 52.6 Å². The van der Waals surface area contributed by atoms with Crippen molar-refractivity contribution in [3.63, 3.8) is 0 Å². The Morgan fingerprint density at radius 1 is 1.00 bits per heavy atom. The molecule has 5 rings (SSSR count). The summed E-state index contributed by atoms with van der Waals surface area (Å²) in [7, 11) is 0. The van der Waals surface area contributed by atoms with E-state index in [0.717, 1.165) is 22.2 Å². The molecule has 0 saturated carbocycles. The van der Waals surface area contributed by atoms with Crippen LogP contribution < -0.4 is 5.69 Å². The van der Waals surface area contributed by atoms with E-state index in [1.165, 1.54) is 21.2 Å². The number of esters is 1. The van der Waals surface area contributed by atoms with E-state index in [4.69, 9.17) is 4.74 Å². The quantitative estimate of drug-likeness (QED) is 0.200. The maximum absolute atomic E-state index is 14.2. The summed E-state index contributed by atoms with van der Waals surface area (Å²) in [5.41, 5.74) is 6.37. The van der Waals surface area contributed by atoms with Crippen molar-refractivity contribution in [2.75, 3.05) is 6.61 Å². The molecule has 6 heteroatoms. The Hall–Kier alpha value is -3.64. The van der Waals surface area contributed by atoms with Crippen molar-refractivity contribution in [3.05, 3.63) is 105 Å². The molecule has 0 aliphatic rings. The smallest absolute Gasteiger partial charge is 0.329 e. The van der Waals surface area contributed by atoms with Crippen LogP contribution in [0.5, 0.6) is 0 Å². The lowest BCUT2D eigenvalue weighted by Gasteiger charge is -2.19. The number of thiophene rings is 1. The molecule has 0 radical (unpaired) electrons. The summed E-state index contributed by atoms with van der Waals surface area (Å²) in [6.07, 6.45) is 1.64. The lowest BCUT2D eigenvalue weighted by Crippen LogP contribution is -2.28. The largest absolute Gasteiger partial charge is 0.466 e. The molecule has 2 aromatic heterocycles. The van der Waals surface area contributed by atoms with Gasteiger partial charge in [0.15, 0.2) is 0 Å². The third-order valence-corrected chi connectivity index (χ3v) is 7.99. The number of ether oxygens (including phenoxy) is 1. The van der Waals surface area contributed by atoms with Gasteiger partial charge in [-0.3, -0.25) is 13.9 Å². The van der Waals surface area contributed by atoms with Crippen LogP contribution in [0.4, 0.5) is 0 Å². The van der Waals surface area contributed by atoms with Gasteiger partial charge in [-0.1, -0.05) is 48.5 Å². The zero-order chi connectivity index (χ0) is 25.9. The predicted octanol–water partition coefficient (Wildman–Crippen LogP) is 7.01. The third-order valence-electron chi connectivity index (χ3n) is 6.99. The minimum absolute atomic E-state index is 0.0291. The zero-order valence-electron chi connectivity index (χ0n) is 21.6. The first-order chi connectivity index (χ1) is 18.0. The van der Waals surface area contributed by atoms with Gasteiger partial charge in [0.05, 0.1) is 30.2 Å². The lowest BCUT2D eigenvalue weighted by molar-refractivity contribution is -0.143. The molecule has 5 nitrogen and oxygen atoms in total. The van der Waals surface area contributed by atoms with Crippen LogP contribution in [0, 0.1) is 13.8 Å². The van der Waals surface area contributed by atoms with Gasteiger partial charge in [-0.25, -0.2) is 4.79 Å². The van der Waals surface area contributed by atoms with E-state index in [1.54, 1.807) is 11.3 Å². The molecule has 3 aromatic carbocycles. The van der Waals surface area contributed by atoms with E-state index in [9.17, 15) is 9.59 Å². The molecule has 0 fully saturated rings. The van der Waals surface area contributed by atoms with Gasteiger partial charge in [0.25, 0.3) is 0 Å². The SMILES string of the molecule is CCOC(=O)CCC[C@@H](c1ccccc1)n1c(=O)n(Cc2csc3cccc(C)c23)c2ccc(C)cc21. The third kappa shape index (κ3) is 4.98. The average molecular weight is 513 g/mol. The number of rotatable bonds is 9. The number of hydrogen-bond acceptors (Lipinski definition) is 4. The molecule has 5 aromatic rings. The standard InChI is InChI=1S/C31H32N2O3S/c1-4-36-29(34)15-9-13-25(23-11-6-5-7-12-23)33-27-18-21(2)16-17-26(27)32(31(33)35)19-24-20-37-28-14-8-10-22(3)30(24)28/h5-8,10-12,14,16-18,20,25H,4,9,13,15,19H2,1-3H3/t25-/m0/s1. The van der Waals surface area contributed by atoms with E-state index in [-0.39, 0.29) is 17.7 Å². The van der Waals surface area contributed by atoms with Gasteiger partial charge in [0, 0.05) is 16.5 Å². The fourth-order valence-electron chi connectivity index (χ4n) is 5.27. The van der Waals surface area contributed by atoms with Crippen LogP contribution in [-0.2, 0) is 16.1 Å². The van der Waals surface area contributed by atoms with Gasteiger partial charge in [-0.05, 0) is 79.4 Å². The Balaban J connectivity index is 1.62. The number of aromatic nitrogens is 2. The van der Waals surface area contributed by atoms with E-state index in [2.05, 4.69) is 67.8 Å². The van der Waals surface area contributed by atoms with E-state index in [1.807, 2.05) is 34.3 Å². The molecular formula is C31H32N2O3S. The van der Waals surface area contributed by atoms with E-state index < -0.39 is 0 Å². The Labute approximate surface area is 220 Å². The highest BCUT2D eigenvalue weighted by molar-refractivity contribution is 7.17. The first kappa shape index (κ1) is 25.0. The second kappa shape index (κ2) is 10.8. The number of carbonyl (C=O) groups is 1. The summed E-state index contributed by atoms with van der Waals surface area (Å²) in [6, 6.07) is 22.5. The highest BCUT2D eigenvalue weighted by Crippen LogP contribution is 2.32. The van der Waals surface area contributed by atoms with Crippen molar-refractivity contribution in [2.24, 2.45) is 0 Å². The van der Waals surface area contributed by atoms with Gasteiger partial charge in [-0.2, -0.15) is 0 Å². The van der Waals surface area contributed by atoms with Crippen molar-refractivity contribution in [3.8, 4) is 0 Å². The van der Waals surface area contributed by atoms with Crippen molar-refractivity contribution in [1.82, 2.24) is 9.13 Å². The number of hydrogen-bond donors (Lipinski definition) is 0. The first-order valence-electron chi connectivity index (χ1n) is 12.9. The fourth-order valence-corrected chi connectivity index (χ4v) is 6.30. The van der Waals surface area contributed by atoms with Crippen LogP contribution in [0.2, 0.25) is 0 Å². The van der Waals surface area contributed by atoms with Crippen molar-refractivity contribution >= 4 is 38.4 Å². The molecule has 190 valence electrons. The van der Waals surface area contributed by atoms with E-state index >= 15 is 0 Å². The molecule has 37 heavy (non-hydrogen) atoms. The molecule has 1 atom stereocenters. The van der Waals surface area contributed by atoms with Crippen LogP contribution in [0.25, 0.3) is 21.1 Å². The maximum atomic E-state index is 14.2. The predicted molar refractivity (Wildman–Crippen MR) is 152 cm³/mol. The number of aryl methyl sites for hydroxylation is 2. The number of nitrogens with zero attached hydrogens (tertiary/aromatic N) is 2. The van der Waals surface area contributed by atoms with Crippen LogP contribution >= 0.6 is 11.3 Å². The highest BCUT2D eigenvalue weighted by atomic mass is 32.1. The van der Waals surface area contributed by atoms with Crippen LogP contribution in [-0.4, -0.2) is 21.7 Å². The summed E-state index contributed by atoms with van der Waals surface area (Å²) < 4.78 is 10.2. The van der Waals surface area contributed by atoms with Crippen LogP contribution in [0.1, 0.15) is 54.5 Å². The zero-order valence-corrected chi connectivity index (χ0v) is 22.4. The topological polar surface area (TPSA) is 53.2 Å². The summed E-state index contributed by atoms with van der Waals surface area (Å²) in [6.45, 7) is 6.90. The number of benzene rings is 3. The van der Waals surface area contributed by atoms with Crippen LogP contribution in [0.3, 0.4) is 0 Å². The molecule has 0 aliphatic carbocycles. The van der Waals surface area contributed by atoms with Gasteiger partial charge in [0.2, 0.25) is 0 Å². The Morgan fingerprint density at radius 3 is 2.59 bits per heavy atom. The van der Waals surface area contributed by atoms with Gasteiger partial charge >= 0.3 is 11.7 Å². The minimum Gasteiger partial charge on any atom is -0.466 e. The molecular weight excluding hydrogens is 480 g/mol. The number of carbonyl (C=O) groups excluding carboxylic acids is 1. The number of fused-ring (bicyclic) bond motifs is 2. The van der Waals surface area contributed by atoms with Crippen molar-refractivity contribution < 1.29 is 9.53 Å². The second-order valence-corrected chi connectivity index (χ2v) is 10.5. The fraction of sp³-hybridized carbons (Fsp3) is 0.290. The van der Waals surface area contributed by atoms with Gasteiger partial charge < -0.3 is 4.74 Å². The Bertz CT molecular complexity index is 1610. The molecule has 0 aliphatic heterocycles. The normalized spacial score (nSPS) is 12.3. The summed E-state index contributed by atoms with van der Waals surface area (Å²) in [5.74, 6) is -0.195. The Kier molecular flexibility index (Phi) is 7.28. The maximum Gasteiger partial charge on any atom is 0.329 e. The molecule has 0 amide bonds. The minimum atomic E-state index is -0.195. The van der Waals surface area contributed by atoms with Gasteiger partial charge in [-0.15, -0.1) is 11.3 Å². The highest BCUT2D eigenvalue weighted by Gasteiger charge is 2.23. The molecule has 0 unspecified atom stereocenters. The molecule has 0 spiro atoms. The summed E-state index contributed by atoms with van der Waals surface area (Å²) >= 11 is 1.72. The van der Waals surface area contributed by atoms with E-state index in [0.29, 0.717) is 32.4 Å². The molecule has 0 N–H and O–H groups in total. The lowest BCUT2D eigenvalue weighted by atomic mass is 10.0. The molecule has 0 saturated heterocycles. The Morgan fingerprint density at radius 2 is 1.81 bits per heavy atom. The molecule has 2 heterocycles. The molecule has 0 bridgehead atoms. The summed E-state index contributed by atoms with van der Waals surface area (Å²) in [4.78, 5) is 26.2. The second-order valence-electron chi connectivity index (χ2n) is 9.56. The summed E-state index contributed by atoms with van der Waals surface area (Å²) in [5, 5.41) is 3.41. The first-order valence-corrected chi connectivity index (χ1v) is 13.7. The monoisotopic (exact) mass is 512 g/mol. The van der Waals surface area contributed by atoms with Crippen molar-refractivity contribution in [1.29, 1.82) is 0 Å². The average Bonchev–Trinajstić information content (AvgIpc) is 3.42. The van der Waals surface area contributed by atoms with Gasteiger partial charge in [0.1, 0.15) is 0 Å².